The first kappa shape index (κ1) is 69.4. The molecule has 5 aromatic rings. The van der Waals surface area contributed by atoms with Crippen LogP contribution in [0.2, 0.25) is 0 Å². The fourth-order valence-corrected chi connectivity index (χ4v) is 4.42. The van der Waals surface area contributed by atoms with E-state index < -0.39 is 0 Å². The average molecular weight is 800 g/mol. The smallest absolute Gasteiger partial charge is 0.231 e. The summed E-state index contributed by atoms with van der Waals surface area (Å²) in [6, 6.07) is 38.0. The van der Waals surface area contributed by atoms with Gasteiger partial charge in [-0.05, 0) is 53.1 Å². The summed E-state index contributed by atoms with van der Waals surface area (Å²) < 4.78 is 10.2. The zero-order valence-corrected chi connectivity index (χ0v) is 41.1. The van der Waals surface area contributed by atoms with E-state index in [1.54, 1.807) is 23.7 Å². The van der Waals surface area contributed by atoms with E-state index in [9.17, 15) is 0 Å². The molecule has 2 aliphatic heterocycles. The second-order valence-corrected chi connectivity index (χ2v) is 8.99. The zero-order valence-electron chi connectivity index (χ0n) is 39.5. The molecule has 0 saturated heterocycles. The number of aromatic nitrogens is 1. The first-order valence-electron chi connectivity index (χ1n) is 21.3. The summed E-state index contributed by atoms with van der Waals surface area (Å²) in [5.74, 6) is 2.97. The molecular weight excluding hydrogens is 711 g/mol. The SMILES string of the molecule is CC.CC.CC.CC.CC.CC.CC.CC.CC.CC.c1ccc2c(c1)CCS2.c1ccc2c(c1)OCO2.c1ccccc1.c1ccncc1.c1ccsc1. The third-order valence-electron chi connectivity index (χ3n) is 4.54. The van der Waals surface area contributed by atoms with Crippen LogP contribution in [-0.4, -0.2) is 17.5 Å². The third-order valence-corrected chi connectivity index (χ3v) is 6.28. The number of hydrogen-bond acceptors (Lipinski definition) is 5. The number of pyridine rings is 1. The van der Waals surface area contributed by atoms with Crippen LogP contribution < -0.4 is 9.47 Å². The van der Waals surface area contributed by atoms with Gasteiger partial charge in [0.05, 0.1) is 0 Å². The Bertz CT molecular complexity index is 959. The normalized spacial score (nSPS) is 8.36. The summed E-state index contributed by atoms with van der Waals surface area (Å²) >= 11 is 3.68. The van der Waals surface area contributed by atoms with E-state index in [4.69, 9.17) is 9.47 Å². The van der Waals surface area contributed by atoms with Crippen molar-refractivity contribution >= 4 is 23.1 Å². The third kappa shape index (κ3) is 52.6. The minimum absolute atomic E-state index is 0.360. The molecule has 0 atom stereocenters. The number of hydrogen-bond donors (Lipinski definition) is 0. The summed E-state index contributed by atoms with van der Waals surface area (Å²) in [7, 11) is 0. The van der Waals surface area contributed by atoms with Gasteiger partial charge in [0.25, 0.3) is 0 Å². The predicted octanol–water partition coefficient (Wildman–Crippen LogP) is 18.5. The van der Waals surface area contributed by atoms with E-state index in [1.807, 2.05) is 252 Å². The van der Waals surface area contributed by atoms with E-state index in [-0.39, 0.29) is 0 Å². The monoisotopic (exact) mass is 800 g/mol. The van der Waals surface area contributed by atoms with Crippen molar-refractivity contribution in [2.45, 2.75) is 150 Å². The van der Waals surface area contributed by atoms with Crippen LogP contribution >= 0.6 is 23.1 Å². The highest BCUT2D eigenvalue weighted by Crippen LogP contribution is 2.30. The lowest BCUT2D eigenvalue weighted by atomic mass is 10.2. The minimum Gasteiger partial charge on any atom is -0.454 e. The number of thioether (sulfide) groups is 1. The van der Waals surface area contributed by atoms with Crippen molar-refractivity contribution in [3.05, 3.63) is 144 Å². The molecule has 2 aromatic heterocycles. The summed E-state index contributed by atoms with van der Waals surface area (Å²) in [5, 5.41) is 4.08. The Labute approximate surface area is 353 Å². The van der Waals surface area contributed by atoms with Gasteiger partial charge in [0.15, 0.2) is 11.5 Å². The molecule has 318 valence electrons. The molecular formula is C50H89NO2S2. The van der Waals surface area contributed by atoms with Gasteiger partial charge in [0, 0.05) is 23.0 Å². The lowest BCUT2D eigenvalue weighted by Crippen LogP contribution is -1.92. The number of ether oxygens (including phenoxy) is 2. The molecule has 7 rings (SSSR count). The molecule has 0 saturated carbocycles. The molecule has 0 radical (unpaired) electrons. The molecule has 0 N–H and O–H groups in total. The molecule has 0 amide bonds. The van der Waals surface area contributed by atoms with E-state index in [0.29, 0.717) is 6.79 Å². The Hall–Kier alpha value is -3.54. The fraction of sp³-hybridized carbons (Fsp3) is 0.460. The maximum absolute atomic E-state index is 5.08. The number of para-hydroxylation sites is 2. The highest BCUT2D eigenvalue weighted by Gasteiger charge is 2.09. The van der Waals surface area contributed by atoms with Gasteiger partial charge < -0.3 is 9.47 Å². The van der Waals surface area contributed by atoms with Crippen LogP contribution in [0.3, 0.4) is 0 Å². The molecule has 2 aliphatic rings. The highest BCUT2D eigenvalue weighted by molar-refractivity contribution is 7.99. The lowest BCUT2D eigenvalue weighted by molar-refractivity contribution is 0.174. The number of thiophene rings is 1. The predicted molar refractivity (Wildman–Crippen MR) is 262 cm³/mol. The van der Waals surface area contributed by atoms with Crippen LogP contribution in [0.25, 0.3) is 0 Å². The van der Waals surface area contributed by atoms with Gasteiger partial charge in [0.2, 0.25) is 6.79 Å². The molecule has 55 heavy (non-hydrogen) atoms. The lowest BCUT2D eigenvalue weighted by Gasteiger charge is -1.92. The molecule has 3 nitrogen and oxygen atoms in total. The van der Waals surface area contributed by atoms with Gasteiger partial charge >= 0.3 is 0 Å². The molecule has 0 spiro atoms. The number of aryl methyl sites for hydroxylation is 1. The Morgan fingerprint density at radius 3 is 1.04 bits per heavy atom. The second kappa shape index (κ2) is 79.3. The van der Waals surface area contributed by atoms with Gasteiger partial charge in [-0.3, -0.25) is 4.98 Å². The van der Waals surface area contributed by atoms with Crippen molar-refractivity contribution in [3.8, 4) is 11.5 Å². The van der Waals surface area contributed by atoms with Crippen LogP contribution in [0.4, 0.5) is 0 Å². The van der Waals surface area contributed by atoms with Crippen molar-refractivity contribution in [2.24, 2.45) is 0 Å². The van der Waals surface area contributed by atoms with Crippen LogP contribution in [0.1, 0.15) is 144 Å². The summed E-state index contributed by atoms with van der Waals surface area (Å²) in [5.41, 5.74) is 1.53. The fourth-order valence-electron chi connectivity index (χ4n) is 2.89. The number of benzene rings is 3. The van der Waals surface area contributed by atoms with Gasteiger partial charge in [-0.1, -0.05) is 223 Å². The minimum atomic E-state index is 0.360. The Balaban J connectivity index is -0.0000000759. The van der Waals surface area contributed by atoms with E-state index in [1.165, 1.54) is 22.6 Å². The van der Waals surface area contributed by atoms with Gasteiger partial charge in [0.1, 0.15) is 0 Å². The molecule has 0 bridgehead atoms. The number of nitrogens with zero attached hydrogens (tertiary/aromatic N) is 1. The van der Waals surface area contributed by atoms with Crippen LogP contribution in [0.5, 0.6) is 11.5 Å². The Morgan fingerprint density at radius 1 is 0.400 bits per heavy atom. The molecule has 0 unspecified atom stereocenters. The standard InChI is InChI=1S/C8H8S.C7H6O2.C6H6.C5H5N.C4H4S.10C2H6/c1-2-4-8-7(3-1)5-6-9-8;1-2-4-7-6(3-1)8-5-9-7;2*1-2-4-6-5-3-1;1-2-4-5-3-1;10*1-2/h1-4H,5-6H2;1-4H,5H2;1-6H;1-5H;1-4H;10*1-2H3. The zero-order chi connectivity index (χ0) is 44.2. The maximum atomic E-state index is 5.08. The molecule has 4 heterocycles. The Morgan fingerprint density at radius 2 is 0.745 bits per heavy atom. The summed E-state index contributed by atoms with van der Waals surface area (Å²) in [6.45, 7) is 40.4. The average Bonchev–Trinajstić information content (AvgIpc) is 4.18. The number of rotatable bonds is 0. The van der Waals surface area contributed by atoms with Crippen molar-refractivity contribution in [2.75, 3.05) is 12.5 Å². The molecule has 0 aliphatic carbocycles. The summed E-state index contributed by atoms with van der Waals surface area (Å²) in [4.78, 5) is 5.27. The first-order chi connectivity index (χ1) is 27.4. The van der Waals surface area contributed by atoms with E-state index in [2.05, 4.69) is 29.2 Å². The number of fused-ring (bicyclic) bond motifs is 2. The van der Waals surface area contributed by atoms with Crippen LogP contribution in [-0.2, 0) is 6.42 Å². The van der Waals surface area contributed by atoms with Crippen molar-refractivity contribution < 1.29 is 9.47 Å². The largest absolute Gasteiger partial charge is 0.454 e. The van der Waals surface area contributed by atoms with Gasteiger partial charge in [-0.2, -0.15) is 11.3 Å². The molecule has 3 aromatic carbocycles. The Kier molecular flexibility index (Phi) is 100.0. The van der Waals surface area contributed by atoms with Crippen molar-refractivity contribution in [1.29, 1.82) is 0 Å². The van der Waals surface area contributed by atoms with E-state index >= 15 is 0 Å². The van der Waals surface area contributed by atoms with Crippen LogP contribution in [0, 0.1) is 0 Å². The van der Waals surface area contributed by atoms with Crippen molar-refractivity contribution in [1.82, 2.24) is 4.98 Å². The first-order valence-corrected chi connectivity index (χ1v) is 23.2. The van der Waals surface area contributed by atoms with Gasteiger partial charge in [-0.15, -0.1) is 11.8 Å². The molecule has 0 fully saturated rings. The van der Waals surface area contributed by atoms with Gasteiger partial charge in [-0.25, -0.2) is 0 Å². The van der Waals surface area contributed by atoms with Crippen molar-refractivity contribution in [3.63, 3.8) is 0 Å². The maximum Gasteiger partial charge on any atom is 0.231 e. The van der Waals surface area contributed by atoms with E-state index in [0.717, 1.165) is 11.5 Å². The van der Waals surface area contributed by atoms with Crippen LogP contribution in [0.15, 0.2) is 143 Å². The second-order valence-electron chi connectivity index (χ2n) is 7.03. The summed E-state index contributed by atoms with van der Waals surface area (Å²) in [6.07, 6.45) is 4.76. The quantitative estimate of drug-likeness (QED) is 0.156. The topological polar surface area (TPSA) is 31.4 Å². The molecule has 5 heteroatoms. The highest BCUT2D eigenvalue weighted by atomic mass is 32.2.